The summed E-state index contributed by atoms with van der Waals surface area (Å²) in [5.74, 6) is -0.177. The van der Waals surface area contributed by atoms with Crippen molar-refractivity contribution in [3.05, 3.63) is 47.0 Å². The van der Waals surface area contributed by atoms with E-state index in [0.29, 0.717) is 25.5 Å². The molecule has 1 aromatic carbocycles. The highest BCUT2D eigenvalue weighted by Crippen LogP contribution is 2.25. The molecule has 0 aliphatic carbocycles. The summed E-state index contributed by atoms with van der Waals surface area (Å²) in [7, 11) is 0. The van der Waals surface area contributed by atoms with Gasteiger partial charge in [-0.1, -0.05) is 34.8 Å². The fourth-order valence-corrected chi connectivity index (χ4v) is 3.46. The topological polar surface area (TPSA) is 76.1 Å². The number of nitrogens with zero attached hydrogens (tertiary/aromatic N) is 2. The van der Waals surface area contributed by atoms with Crippen molar-refractivity contribution >= 4 is 17.4 Å². The maximum Gasteiger partial charge on any atom is 0.272 e. The molecule has 0 radical (unpaired) electrons. The van der Waals surface area contributed by atoms with Crippen molar-refractivity contribution in [2.24, 2.45) is 0 Å². The molecule has 0 bridgehead atoms. The van der Waals surface area contributed by atoms with Gasteiger partial charge in [0.2, 0.25) is 0 Å². The van der Waals surface area contributed by atoms with Gasteiger partial charge in [-0.15, -0.1) is 5.10 Å². The zero-order valence-corrected chi connectivity index (χ0v) is 14.5. The molecule has 2 heterocycles. The zero-order valence-electron chi connectivity index (χ0n) is 13.7. The molecule has 0 saturated carbocycles. The van der Waals surface area contributed by atoms with E-state index in [9.17, 15) is 4.79 Å². The minimum absolute atomic E-state index is 0.174. The molecule has 1 aliphatic rings. The Morgan fingerprint density at radius 3 is 2.75 bits per heavy atom. The Hall–Kier alpha value is -1.83. The first-order valence-corrected chi connectivity index (χ1v) is 8.98. The number of hydrogen-bond acceptors (Lipinski definition) is 6. The summed E-state index contributed by atoms with van der Waals surface area (Å²) in [5, 5.41) is 12.2. The number of ether oxygens (including phenoxy) is 1. The standard InChI is InChI=1S/C17H22N4O2S/c1-13(14-5-3-2-4-6-14)19-17(7-9-23-10-8-17)12-18-16(22)15-11-24-21-20-15/h2-6,11,13,19H,7-10,12H2,1H3,(H,18,22)/t13-/m0/s1. The van der Waals surface area contributed by atoms with Gasteiger partial charge in [0.05, 0.1) is 0 Å². The molecule has 7 heteroatoms. The van der Waals surface area contributed by atoms with Crippen LogP contribution in [0.3, 0.4) is 0 Å². The van der Waals surface area contributed by atoms with Crippen LogP contribution in [0.25, 0.3) is 0 Å². The van der Waals surface area contributed by atoms with Gasteiger partial charge in [0, 0.05) is 36.7 Å². The quantitative estimate of drug-likeness (QED) is 0.838. The molecule has 3 rings (SSSR count). The van der Waals surface area contributed by atoms with Crippen molar-refractivity contribution in [2.45, 2.75) is 31.3 Å². The van der Waals surface area contributed by atoms with Crippen LogP contribution in [0, 0.1) is 0 Å². The first-order chi connectivity index (χ1) is 11.7. The second-order valence-electron chi connectivity index (χ2n) is 6.14. The molecule has 0 spiro atoms. The molecule has 2 aromatic rings. The van der Waals surface area contributed by atoms with E-state index in [0.717, 1.165) is 12.8 Å². The molecular weight excluding hydrogens is 324 g/mol. The normalized spacial score (nSPS) is 18.0. The van der Waals surface area contributed by atoms with Gasteiger partial charge in [-0.25, -0.2) is 0 Å². The summed E-state index contributed by atoms with van der Waals surface area (Å²) < 4.78 is 9.26. The lowest BCUT2D eigenvalue weighted by Crippen LogP contribution is -2.57. The number of nitrogens with one attached hydrogen (secondary N) is 2. The summed E-state index contributed by atoms with van der Waals surface area (Å²) in [4.78, 5) is 12.2. The highest BCUT2D eigenvalue weighted by Gasteiger charge is 2.34. The largest absolute Gasteiger partial charge is 0.381 e. The lowest BCUT2D eigenvalue weighted by molar-refractivity contribution is 0.0332. The zero-order chi connectivity index (χ0) is 16.8. The lowest BCUT2D eigenvalue weighted by Gasteiger charge is -2.40. The predicted octanol–water partition coefficient (Wildman–Crippen LogP) is 2.17. The van der Waals surface area contributed by atoms with E-state index in [1.54, 1.807) is 5.38 Å². The number of benzene rings is 1. The van der Waals surface area contributed by atoms with Crippen LogP contribution in [0.1, 0.15) is 41.9 Å². The van der Waals surface area contributed by atoms with Gasteiger partial charge in [-0.05, 0) is 36.9 Å². The van der Waals surface area contributed by atoms with Crippen molar-refractivity contribution in [3.63, 3.8) is 0 Å². The Labute approximate surface area is 145 Å². The van der Waals surface area contributed by atoms with Crippen molar-refractivity contribution in [3.8, 4) is 0 Å². The van der Waals surface area contributed by atoms with Gasteiger partial charge in [0.15, 0.2) is 5.69 Å². The van der Waals surface area contributed by atoms with E-state index in [-0.39, 0.29) is 17.5 Å². The molecule has 6 nitrogen and oxygen atoms in total. The van der Waals surface area contributed by atoms with Crippen LogP contribution in [-0.2, 0) is 4.74 Å². The average molecular weight is 346 g/mol. The second kappa shape index (κ2) is 7.83. The molecule has 24 heavy (non-hydrogen) atoms. The minimum Gasteiger partial charge on any atom is -0.381 e. The minimum atomic E-state index is -0.177. The number of hydrogen-bond donors (Lipinski definition) is 2. The van der Waals surface area contributed by atoms with Crippen molar-refractivity contribution in [1.82, 2.24) is 20.2 Å². The summed E-state index contributed by atoms with van der Waals surface area (Å²) in [6.45, 7) is 4.09. The SMILES string of the molecule is C[C@H](NC1(CNC(=O)c2csnn2)CCOCC1)c1ccccc1. The van der Waals surface area contributed by atoms with Crippen LogP contribution in [0.4, 0.5) is 0 Å². The summed E-state index contributed by atoms with van der Waals surface area (Å²) in [6.07, 6.45) is 1.72. The molecule has 128 valence electrons. The van der Waals surface area contributed by atoms with Crippen LogP contribution < -0.4 is 10.6 Å². The maximum atomic E-state index is 12.2. The van der Waals surface area contributed by atoms with Crippen LogP contribution in [-0.4, -0.2) is 40.8 Å². The summed E-state index contributed by atoms with van der Waals surface area (Å²) >= 11 is 1.18. The van der Waals surface area contributed by atoms with Crippen LogP contribution in [0.15, 0.2) is 35.7 Å². The number of carbonyl (C=O) groups excluding carboxylic acids is 1. The first kappa shape index (κ1) is 17.0. The smallest absolute Gasteiger partial charge is 0.272 e. The van der Waals surface area contributed by atoms with Gasteiger partial charge in [-0.2, -0.15) is 0 Å². The van der Waals surface area contributed by atoms with E-state index in [1.807, 2.05) is 18.2 Å². The van der Waals surface area contributed by atoms with Crippen LogP contribution in [0.5, 0.6) is 0 Å². The van der Waals surface area contributed by atoms with Crippen molar-refractivity contribution < 1.29 is 9.53 Å². The van der Waals surface area contributed by atoms with Gasteiger partial charge in [0.1, 0.15) is 0 Å². The first-order valence-electron chi connectivity index (χ1n) is 8.14. The third-order valence-corrected chi connectivity index (χ3v) is 4.96. The van der Waals surface area contributed by atoms with Gasteiger partial charge in [0.25, 0.3) is 5.91 Å². The monoisotopic (exact) mass is 346 g/mol. The Balaban J connectivity index is 1.67. The fraction of sp³-hybridized carbons (Fsp3) is 0.471. The number of amides is 1. The Kier molecular flexibility index (Phi) is 5.55. The van der Waals surface area contributed by atoms with Gasteiger partial charge >= 0.3 is 0 Å². The summed E-state index contributed by atoms with van der Waals surface area (Å²) in [6, 6.07) is 10.5. The van der Waals surface area contributed by atoms with Gasteiger partial charge in [-0.3, -0.25) is 4.79 Å². The molecule has 1 saturated heterocycles. The molecule has 1 aromatic heterocycles. The van der Waals surface area contributed by atoms with E-state index in [1.165, 1.54) is 17.1 Å². The number of aromatic nitrogens is 2. The Morgan fingerprint density at radius 2 is 2.08 bits per heavy atom. The molecule has 0 unspecified atom stereocenters. The van der Waals surface area contributed by atoms with Crippen LogP contribution in [0.2, 0.25) is 0 Å². The van der Waals surface area contributed by atoms with Crippen molar-refractivity contribution in [1.29, 1.82) is 0 Å². The van der Waals surface area contributed by atoms with Crippen molar-refractivity contribution in [2.75, 3.05) is 19.8 Å². The molecule has 1 atom stereocenters. The van der Waals surface area contributed by atoms with E-state index in [4.69, 9.17) is 4.74 Å². The third-order valence-electron chi connectivity index (χ3n) is 4.45. The van der Waals surface area contributed by atoms with E-state index in [2.05, 4.69) is 39.3 Å². The highest BCUT2D eigenvalue weighted by atomic mass is 32.1. The maximum absolute atomic E-state index is 12.2. The molecule has 1 aliphatic heterocycles. The second-order valence-corrected chi connectivity index (χ2v) is 6.75. The van der Waals surface area contributed by atoms with E-state index < -0.39 is 0 Å². The fourth-order valence-electron chi connectivity index (χ4n) is 3.02. The third kappa shape index (κ3) is 4.17. The molecular formula is C17H22N4O2S. The molecule has 1 fully saturated rings. The number of carbonyl (C=O) groups is 1. The average Bonchev–Trinajstić information content (AvgIpc) is 3.16. The van der Waals surface area contributed by atoms with E-state index >= 15 is 0 Å². The Morgan fingerprint density at radius 1 is 1.33 bits per heavy atom. The highest BCUT2D eigenvalue weighted by molar-refractivity contribution is 7.03. The lowest BCUT2D eigenvalue weighted by atomic mass is 9.88. The van der Waals surface area contributed by atoms with Crippen LogP contribution >= 0.6 is 11.5 Å². The van der Waals surface area contributed by atoms with Gasteiger partial charge < -0.3 is 15.4 Å². The molecule has 2 N–H and O–H groups in total. The Bertz CT molecular complexity index is 642. The molecule has 1 amide bonds. The number of rotatable bonds is 6. The summed E-state index contributed by atoms with van der Waals surface area (Å²) in [5.41, 5.74) is 1.43. The predicted molar refractivity (Wildman–Crippen MR) is 93.0 cm³/mol.